The first-order valence-corrected chi connectivity index (χ1v) is 9.13. The Morgan fingerprint density at radius 2 is 1.76 bits per heavy atom. The molecule has 0 atom stereocenters. The Kier molecular flexibility index (Phi) is 6.46. The van der Waals surface area contributed by atoms with E-state index in [1.807, 2.05) is 32.0 Å². The van der Waals surface area contributed by atoms with Crippen LogP contribution in [0.2, 0.25) is 0 Å². The fourth-order valence-corrected chi connectivity index (χ4v) is 2.89. The minimum Gasteiger partial charge on any atom is -0.493 e. The van der Waals surface area contributed by atoms with Gasteiger partial charge in [-0.2, -0.15) is 0 Å². The van der Waals surface area contributed by atoms with Crippen molar-refractivity contribution in [2.24, 2.45) is 0 Å². The lowest BCUT2D eigenvalue weighted by molar-refractivity contribution is -0.384. The van der Waals surface area contributed by atoms with E-state index in [0.29, 0.717) is 31.2 Å². The number of aromatic nitrogens is 1. The zero-order chi connectivity index (χ0) is 20.8. The third-order valence-electron chi connectivity index (χ3n) is 4.59. The number of methoxy groups -OCH3 is 1. The molecule has 3 rings (SSSR count). The first-order valence-electron chi connectivity index (χ1n) is 9.13. The van der Waals surface area contributed by atoms with Gasteiger partial charge in [0.05, 0.1) is 23.3 Å². The normalized spacial score (nSPS) is 10.7. The SMILES string of the molecule is COc1cc(CNCc2ccc([N+](=O)[O-])cc2)ccc1OCc1c(C)noc1C. The predicted octanol–water partition coefficient (Wildman–Crippen LogP) is 4.08. The molecule has 1 heterocycles. The van der Waals surface area contributed by atoms with Crippen molar-refractivity contribution in [1.82, 2.24) is 10.5 Å². The molecule has 1 aromatic heterocycles. The Hall–Kier alpha value is -3.39. The van der Waals surface area contributed by atoms with Gasteiger partial charge < -0.3 is 19.3 Å². The summed E-state index contributed by atoms with van der Waals surface area (Å²) >= 11 is 0. The topological polar surface area (TPSA) is 99.7 Å². The maximum atomic E-state index is 10.7. The summed E-state index contributed by atoms with van der Waals surface area (Å²) in [5.41, 5.74) is 3.84. The molecule has 0 spiro atoms. The van der Waals surface area contributed by atoms with E-state index in [4.69, 9.17) is 14.0 Å². The number of nitrogens with zero attached hydrogens (tertiary/aromatic N) is 2. The fraction of sp³-hybridized carbons (Fsp3) is 0.286. The van der Waals surface area contributed by atoms with Crippen LogP contribution in [-0.2, 0) is 19.7 Å². The largest absolute Gasteiger partial charge is 0.493 e. The van der Waals surface area contributed by atoms with Crippen molar-refractivity contribution in [2.75, 3.05) is 7.11 Å². The molecule has 0 saturated heterocycles. The Balaban J connectivity index is 1.57. The molecule has 0 saturated carbocycles. The smallest absolute Gasteiger partial charge is 0.269 e. The van der Waals surface area contributed by atoms with E-state index in [2.05, 4.69) is 10.5 Å². The van der Waals surface area contributed by atoms with Crippen LogP contribution >= 0.6 is 0 Å². The lowest BCUT2D eigenvalue weighted by Crippen LogP contribution is -2.12. The standard InChI is InChI=1S/C21H23N3O5/c1-14-19(15(2)29-23-14)13-28-20-9-6-17(10-21(20)27-3)12-22-11-16-4-7-18(8-5-16)24(25)26/h4-10,22H,11-13H2,1-3H3. The number of non-ortho nitro benzene ring substituents is 1. The van der Waals surface area contributed by atoms with Gasteiger partial charge in [0.2, 0.25) is 0 Å². The second kappa shape index (κ2) is 9.20. The fourth-order valence-electron chi connectivity index (χ4n) is 2.89. The number of benzene rings is 2. The van der Waals surface area contributed by atoms with Crippen LogP contribution < -0.4 is 14.8 Å². The van der Waals surface area contributed by atoms with E-state index in [1.165, 1.54) is 12.1 Å². The van der Waals surface area contributed by atoms with Gasteiger partial charge in [-0.15, -0.1) is 0 Å². The molecule has 2 aromatic carbocycles. The molecule has 0 bridgehead atoms. The van der Waals surface area contributed by atoms with Gasteiger partial charge in [0.15, 0.2) is 11.5 Å². The quantitative estimate of drug-likeness (QED) is 0.429. The number of ether oxygens (including phenoxy) is 2. The molecule has 8 heteroatoms. The van der Waals surface area contributed by atoms with Gasteiger partial charge in [-0.05, 0) is 37.1 Å². The highest BCUT2D eigenvalue weighted by Gasteiger charge is 2.12. The monoisotopic (exact) mass is 397 g/mol. The van der Waals surface area contributed by atoms with Crippen molar-refractivity contribution < 1.29 is 18.9 Å². The molecule has 1 N–H and O–H groups in total. The molecule has 0 fully saturated rings. The summed E-state index contributed by atoms with van der Waals surface area (Å²) in [5, 5.41) is 18.0. The second-order valence-corrected chi connectivity index (χ2v) is 6.60. The highest BCUT2D eigenvalue weighted by molar-refractivity contribution is 5.43. The van der Waals surface area contributed by atoms with E-state index in [1.54, 1.807) is 19.2 Å². The van der Waals surface area contributed by atoms with Crippen LogP contribution in [0.3, 0.4) is 0 Å². The zero-order valence-electron chi connectivity index (χ0n) is 16.6. The van der Waals surface area contributed by atoms with Crippen LogP contribution in [0.5, 0.6) is 11.5 Å². The van der Waals surface area contributed by atoms with Crippen LogP contribution in [0, 0.1) is 24.0 Å². The first kappa shape index (κ1) is 20.3. The Morgan fingerprint density at radius 1 is 1.07 bits per heavy atom. The molecule has 0 aliphatic rings. The van der Waals surface area contributed by atoms with E-state index in [9.17, 15) is 10.1 Å². The Bertz CT molecular complexity index is 963. The maximum Gasteiger partial charge on any atom is 0.269 e. The number of nitro benzene ring substituents is 1. The summed E-state index contributed by atoms with van der Waals surface area (Å²) in [6, 6.07) is 12.3. The highest BCUT2D eigenvalue weighted by atomic mass is 16.6. The molecule has 152 valence electrons. The molecular formula is C21H23N3O5. The molecule has 29 heavy (non-hydrogen) atoms. The number of nitro groups is 1. The summed E-state index contributed by atoms with van der Waals surface area (Å²) in [6.45, 7) is 5.32. The van der Waals surface area contributed by atoms with Gasteiger partial charge in [0.1, 0.15) is 12.4 Å². The van der Waals surface area contributed by atoms with Crippen molar-refractivity contribution >= 4 is 5.69 Å². The van der Waals surface area contributed by atoms with Gasteiger partial charge in [-0.25, -0.2) is 0 Å². The lowest BCUT2D eigenvalue weighted by Gasteiger charge is -2.13. The van der Waals surface area contributed by atoms with Crippen LogP contribution in [0.1, 0.15) is 28.1 Å². The van der Waals surface area contributed by atoms with Crippen LogP contribution in [0.25, 0.3) is 0 Å². The van der Waals surface area contributed by atoms with Gasteiger partial charge in [-0.3, -0.25) is 10.1 Å². The molecule has 0 aliphatic carbocycles. The molecular weight excluding hydrogens is 374 g/mol. The van der Waals surface area contributed by atoms with E-state index < -0.39 is 4.92 Å². The maximum absolute atomic E-state index is 10.7. The van der Waals surface area contributed by atoms with Crippen molar-refractivity contribution in [1.29, 1.82) is 0 Å². The van der Waals surface area contributed by atoms with Crippen LogP contribution in [0.4, 0.5) is 5.69 Å². The Morgan fingerprint density at radius 3 is 2.38 bits per heavy atom. The summed E-state index contributed by atoms with van der Waals surface area (Å²) in [4.78, 5) is 10.3. The van der Waals surface area contributed by atoms with E-state index >= 15 is 0 Å². The highest BCUT2D eigenvalue weighted by Crippen LogP contribution is 2.29. The minimum atomic E-state index is -0.404. The van der Waals surface area contributed by atoms with Gasteiger partial charge in [0, 0.05) is 25.2 Å². The first-order chi connectivity index (χ1) is 14.0. The molecule has 0 radical (unpaired) electrons. The number of hydrogen-bond acceptors (Lipinski definition) is 7. The molecule has 8 nitrogen and oxygen atoms in total. The Labute approximate surface area is 168 Å². The van der Waals surface area contributed by atoms with E-state index in [0.717, 1.165) is 28.1 Å². The van der Waals surface area contributed by atoms with Crippen LogP contribution in [-0.4, -0.2) is 17.2 Å². The molecule has 0 aliphatic heterocycles. The van der Waals surface area contributed by atoms with Crippen molar-refractivity contribution in [3.63, 3.8) is 0 Å². The number of nitrogens with one attached hydrogen (secondary N) is 1. The predicted molar refractivity (Wildman–Crippen MR) is 107 cm³/mol. The zero-order valence-corrected chi connectivity index (χ0v) is 16.6. The van der Waals surface area contributed by atoms with Crippen molar-refractivity contribution in [3.8, 4) is 11.5 Å². The summed E-state index contributed by atoms with van der Waals surface area (Å²) in [6.07, 6.45) is 0. The van der Waals surface area contributed by atoms with Gasteiger partial charge >= 0.3 is 0 Å². The average Bonchev–Trinajstić information content (AvgIpc) is 3.04. The average molecular weight is 397 g/mol. The third-order valence-corrected chi connectivity index (χ3v) is 4.59. The van der Waals surface area contributed by atoms with Gasteiger partial charge in [-0.1, -0.05) is 23.4 Å². The molecule has 3 aromatic rings. The number of aryl methyl sites for hydroxylation is 2. The van der Waals surface area contributed by atoms with E-state index in [-0.39, 0.29) is 5.69 Å². The number of rotatable bonds is 9. The minimum absolute atomic E-state index is 0.0886. The van der Waals surface area contributed by atoms with Gasteiger partial charge in [0.25, 0.3) is 5.69 Å². The summed E-state index contributed by atoms with van der Waals surface area (Å²) in [7, 11) is 1.60. The van der Waals surface area contributed by atoms with Crippen molar-refractivity contribution in [2.45, 2.75) is 33.5 Å². The van der Waals surface area contributed by atoms with Crippen LogP contribution in [0.15, 0.2) is 47.0 Å². The summed E-state index contributed by atoms with van der Waals surface area (Å²) < 4.78 is 16.5. The third kappa shape index (κ3) is 5.11. The molecule has 0 amide bonds. The molecule has 0 unspecified atom stereocenters. The summed E-state index contributed by atoms with van der Waals surface area (Å²) in [5.74, 6) is 2.03. The van der Waals surface area contributed by atoms with Crippen molar-refractivity contribution in [3.05, 3.63) is 80.7 Å². The lowest BCUT2D eigenvalue weighted by atomic mass is 10.1. The second-order valence-electron chi connectivity index (χ2n) is 6.60. The number of hydrogen-bond donors (Lipinski definition) is 1.